The highest BCUT2D eigenvalue weighted by Crippen LogP contribution is 2.33. The van der Waals surface area contributed by atoms with E-state index in [9.17, 15) is 0 Å². The summed E-state index contributed by atoms with van der Waals surface area (Å²) >= 11 is 0. The average Bonchev–Trinajstić information content (AvgIpc) is 2.43. The molecule has 1 aromatic rings. The van der Waals surface area contributed by atoms with Crippen LogP contribution in [-0.4, -0.2) is 37.7 Å². The smallest absolute Gasteiger partial charge is 0.124 e. The predicted octanol–water partition coefficient (Wildman–Crippen LogP) is 3.08. The topological polar surface area (TPSA) is 24.5 Å². The van der Waals surface area contributed by atoms with Crippen LogP contribution in [-0.2, 0) is 0 Å². The van der Waals surface area contributed by atoms with E-state index in [1.54, 1.807) is 0 Å². The predicted molar refractivity (Wildman–Crippen MR) is 84.2 cm³/mol. The Balaban J connectivity index is 2.19. The first-order valence-electron chi connectivity index (χ1n) is 7.78. The SMILES string of the molecule is CCCNC1c2ccccc2OCC1N(C)CC(C)C. The molecular formula is C17H28N2O. The van der Waals surface area contributed by atoms with Gasteiger partial charge in [-0.05, 0) is 32.0 Å². The summed E-state index contributed by atoms with van der Waals surface area (Å²) in [6.45, 7) is 9.66. The number of ether oxygens (including phenoxy) is 1. The van der Waals surface area contributed by atoms with Crippen molar-refractivity contribution < 1.29 is 4.74 Å². The quantitative estimate of drug-likeness (QED) is 0.864. The lowest BCUT2D eigenvalue weighted by Gasteiger charge is -2.40. The van der Waals surface area contributed by atoms with E-state index < -0.39 is 0 Å². The van der Waals surface area contributed by atoms with Crippen LogP contribution in [0.4, 0.5) is 0 Å². The third-order valence-corrected chi connectivity index (χ3v) is 3.88. The molecule has 1 aromatic carbocycles. The Labute approximate surface area is 123 Å². The summed E-state index contributed by atoms with van der Waals surface area (Å²) in [5, 5.41) is 3.71. The lowest BCUT2D eigenvalue weighted by molar-refractivity contribution is 0.0973. The second-order valence-electron chi connectivity index (χ2n) is 6.18. The summed E-state index contributed by atoms with van der Waals surface area (Å²) in [6, 6.07) is 9.19. The molecule has 2 unspecified atom stereocenters. The molecule has 20 heavy (non-hydrogen) atoms. The molecule has 1 aliphatic rings. The number of benzene rings is 1. The summed E-state index contributed by atoms with van der Waals surface area (Å²) in [5.74, 6) is 1.71. The summed E-state index contributed by atoms with van der Waals surface area (Å²) in [6.07, 6.45) is 1.15. The van der Waals surface area contributed by atoms with Crippen molar-refractivity contribution in [3.63, 3.8) is 0 Å². The van der Waals surface area contributed by atoms with Crippen molar-refractivity contribution in [2.75, 3.05) is 26.7 Å². The molecule has 0 spiro atoms. The molecular weight excluding hydrogens is 248 g/mol. The maximum atomic E-state index is 5.97. The highest BCUT2D eigenvalue weighted by molar-refractivity contribution is 5.38. The fourth-order valence-electron chi connectivity index (χ4n) is 2.99. The Morgan fingerprint density at radius 3 is 2.80 bits per heavy atom. The molecule has 1 heterocycles. The molecule has 0 aliphatic carbocycles. The van der Waals surface area contributed by atoms with Gasteiger partial charge in [-0.25, -0.2) is 0 Å². The van der Waals surface area contributed by atoms with Crippen molar-refractivity contribution in [2.24, 2.45) is 5.92 Å². The number of nitrogens with zero attached hydrogens (tertiary/aromatic N) is 1. The van der Waals surface area contributed by atoms with Crippen LogP contribution < -0.4 is 10.1 Å². The Bertz CT molecular complexity index is 419. The zero-order chi connectivity index (χ0) is 14.5. The van der Waals surface area contributed by atoms with E-state index in [1.807, 2.05) is 6.07 Å². The number of nitrogens with one attached hydrogen (secondary N) is 1. The average molecular weight is 276 g/mol. The minimum Gasteiger partial charge on any atom is -0.492 e. The second-order valence-corrected chi connectivity index (χ2v) is 6.18. The fraction of sp³-hybridized carbons (Fsp3) is 0.647. The van der Waals surface area contributed by atoms with E-state index in [4.69, 9.17) is 4.74 Å². The van der Waals surface area contributed by atoms with Crippen molar-refractivity contribution in [1.29, 1.82) is 0 Å². The van der Waals surface area contributed by atoms with Gasteiger partial charge in [-0.2, -0.15) is 0 Å². The highest BCUT2D eigenvalue weighted by Gasteiger charge is 2.33. The molecule has 0 amide bonds. The maximum absolute atomic E-state index is 5.97. The summed E-state index contributed by atoms with van der Waals surface area (Å²) in [4.78, 5) is 2.44. The van der Waals surface area contributed by atoms with Gasteiger partial charge in [0.1, 0.15) is 12.4 Å². The minimum atomic E-state index is 0.364. The molecule has 2 atom stereocenters. The van der Waals surface area contributed by atoms with E-state index >= 15 is 0 Å². The van der Waals surface area contributed by atoms with Crippen LogP contribution in [0, 0.1) is 5.92 Å². The number of para-hydroxylation sites is 1. The Morgan fingerprint density at radius 1 is 1.35 bits per heavy atom. The van der Waals surface area contributed by atoms with Gasteiger partial charge in [0.05, 0.1) is 12.1 Å². The standard InChI is InChI=1S/C17H28N2O/c1-5-10-18-17-14-8-6-7-9-16(14)20-12-15(17)19(4)11-13(2)3/h6-9,13,15,17-18H,5,10-12H2,1-4H3. The molecule has 1 N–H and O–H groups in total. The minimum absolute atomic E-state index is 0.364. The normalized spacial score (nSPS) is 21.9. The van der Waals surface area contributed by atoms with Crippen LogP contribution in [0.1, 0.15) is 38.8 Å². The van der Waals surface area contributed by atoms with Crippen molar-refractivity contribution >= 4 is 0 Å². The molecule has 0 fully saturated rings. The van der Waals surface area contributed by atoms with Gasteiger partial charge in [-0.1, -0.05) is 39.0 Å². The van der Waals surface area contributed by atoms with E-state index in [0.717, 1.165) is 31.9 Å². The van der Waals surface area contributed by atoms with E-state index in [1.165, 1.54) is 5.56 Å². The van der Waals surface area contributed by atoms with Gasteiger partial charge in [0, 0.05) is 12.1 Å². The molecule has 0 bridgehead atoms. The monoisotopic (exact) mass is 276 g/mol. The number of rotatable bonds is 6. The molecule has 1 aliphatic heterocycles. The van der Waals surface area contributed by atoms with Crippen LogP contribution in [0.5, 0.6) is 5.75 Å². The van der Waals surface area contributed by atoms with Crippen LogP contribution in [0.15, 0.2) is 24.3 Å². The molecule has 0 radical (unpaired) electrons. The third-order valence-electron chi connectivity index (χ3n) is 3.88. The zero-order valence-corrected chi connectivity index (χ0v) is 13.2. The van der Waals surface area contributed by atoms with Crippen molar-refractivity contribution in [2.45, 2.75) is 39.3 Å². The molecule has 3 nitrogen and oxygen atoms in total. The number of hydrogen-bond acceptors (Lipinski definition) is 3. The lowest BCUT2D eigenvalue weighted by Crippen LogP contribution is -2.49. The van der Waals surface area contributed by atoms with Gasteiger partial charge < -0.3 is 10.1 Å². The summed E-state index contributed by atoms with van der Waals surface area (Å²) in [5.41, 5.74) is 1.30. The van der Waals surface area contributed by atoms with Gasteiger partial charge in [0.25, 0.3) is 0 Å². The number of likely N-dealkylation sites (N-methyl/N-ethyl adjacent to an activating group) is 1. The third kappa shape index (κ3) is 3.53. The zero-order valence-electron chi connectivity index (χ0n) is 13.2. The molecule has 0 saturated heterocycles. The first-order valence-corrected chi connectivity index (χ1v) is 7.78. The van der Waals surface area contributed by atoms with Crippen LogP contribution in [0.25, 0.3) is 0 Å². The van der Waals surface area contributed by atoms with Gasteiger partial charge >= 0.3 is 0 Å². The van der Waals surface area contributed by atoms with Crippen molar-refractivity contribution in [3.05, 3.63) is 29.8 Å². The van der Waals surface area contributed by atoms with Crippen LogP contribution in [0.3, 0.4) is 0 Å². The molecule has 3 heteroatoms. The van der Waals surface area contributed by atoms with Crippen LogP contribution >= 0.6 is 0 Å². The molecule has 0 aromatic heterocycles. The highest BCUT2D eigenvalue weighted by atomic mass is 16.5. The molecule has 112 valence electrons. The largest absolute Gasteiger partial charge is 0.492 e. The second kappa shape index (κ2) is 7.09. The van der Waals surface area contributed by atoms with Crippen LogP contribution in [0.2, 0.25) is 0 Å². The van der Waals surface area contributed by atoms with Gasteiger partial charge in [-0.3, -0.25) is 4.90 Å². The summed E-state index contributed by atoms with van der Waals surface area (Å²) < 4.78 is 5.97. The van der Waals surface area contributed by atoms with E-state index in [2.05, 4.69) is 56.2 Å². The Kier molecular flexibility index (Phi) is 5.44. The van der Waals surface area contributed by atoms with Crippen molar-refractivity contribution in [1.82, 2.24) is 10.2 Å². The number of fused-ring (bicyclic) bond motifs is 1. The summed E-state index contributed by atoms with van der Waals surface area (Å²) in [7, 11) is 2.21. The van der Waals surface area contributed by atoms with Crippen molar-refractivity contribution in [3.8, 4) is 5.75 Å². The maximum Gasteiger partial charge on any atom is 0.124 e. The van der Waals surface area contributed by atoms with E-state index in [0.29, 0.717) is 18.0 Å². The number of hydrogen-bond donors (Lipinski definition) is 1. The lowest BCUT2D eigenvalue weighted by atomic mass is 9.94. The molecule has 2 rings (SSSR count). The first kappa shape index (κ1) is 15.3. The Morgan fingerprint density at radius 2 is 2.10 bits per heavy atom. The van der Waals surface area contributed by atoms with Gasteiger partial charge in [0.15, 0.2) is 0 Å². The molecule has 0 saturated carbocycles. The first-order chi connectivity index (χ1) is 9.63. The Hall–Kier alpha value is -1.06. The van der Waals surface area contributed by atoms with Gasteiger partial charge in [-0.15, -0.1) is 0 Å². The van der Waals surface area contributed by atoms with E-state index in [-0.39, 0.29) is 0 Å². The fourth-order valence-corrected chi connectivity index (χ4v) is 2.99. The van der Waals surface area contributed by atoms with Gasteiger partial charge in [0.2, 0.25) is 0 Å².